The molecule has 0 saturated carbocycles. The van der Waals surface area contributed by atoms with E-state index < -0.39 is 11.4 Å². The van der Waals surface area contributed by atoms with Gasteiger partial charge >= 0.3 is 0 Å². The monoisotopic (exact) mass is 340 g/mol. The van der Waals surface area contributed by atoms with Gasteiger partial charge in [0, 0.05) is 18.5 Å². The van der Waals surface area contributed by atoms with Crippen LogP contribution in [0.1, 0.15) is 30.8 Å². The van der Waals surface area contributed by atoms with Gasteiger partial charge in [-0.05, 0) is 42.8 Å². The third-order valence-electron chi connectivity index (χ3n) is 3.42. The van der Waals surface area contributed by atoms with Gasteiger partial charge in [0.2, 0.25) is 0 Å². The third-order valence-corrected chi connectivity index (χ3v) is 4.45. The van der Waals surface area contributed by atoms with E-state index in [0.29, 0.717) is 18.5 Å². The molecule has 20 heavy (non-hydrogen) atoms. The van der Waals surface area contributed by atoms with Crippen LogP contribution in [0.4, 0.5) is 4.39 Å². The zero-order chi connectivity index (χ0) is 14.9. The van der Waals surface area contributed by atoms with Crippen molar-refractivity contribution in [3.05, 3.63) is 51.5 Å². The minimum absolute atomic E-state index is 0.295. The van der Waals surface area contributed by atoms with E-state index in [1.807, 2.05) is 18.5 Å². The zero-order valence-corrected chi connectivity index (χ0v) is 13.4. The lowest BCUT2D eigenvalue weighted by Crippen LogP contribution is -2.27. The van der Waals surface area contributed by atoms with E-state index in [0.717, 1.165) is 15.9 Å². The predicted octanol–water partition coefficient (Wildman–Crippen LogP) is 3.56. The molecule has 0 aliphatic rings. The van der Waals surface area contributed by atoms with Gasteiger partial charge in [-0.2, -0.15) is 5.10 Å². The van der Waals surface area contributed by atoms with E-state index in [2.05, 4.69) is 21.0 Å². The summed E-state index contributed by atoms with van der Waals surface area (Å²) in [4.78, 5) is 0. The average Bonchev–Trinajstić information content (AvgIpc) is 2.66. The van der Waals surface area contributed by atoms with E-state index >= 15 is 0 Å². The lowest BCUT2D eigenvalue weighted by molar-refractivity contribution is 0.0514. The van der Waals surface area contributed by atoms with Gasteiger partial charge < -0.3 is 5.11 Å². The summed E-state index contributed by atoms with van der Waals surface area (Å²) >= 11 is 3.50. The standard InChI is InChI=1S/C15H18BrFN2O/c1-4-19-13(14(16)10(2)18-19)9-15(3,20)11-7-5-6-8-12(11)17/h5-8,20H,4,9H2,1-3H3. The molecule has 2 aromatic rings. The van der Waals surface area contributed by atoms with Crippen molar-refractivity contribution in [2.24, 2.45) is 0 Å². The average molecular weight is 341 g/mol. The molecule has 0 fully saturated rings. The Morgan fingerprint density at radius 1 is 1.40 bits per heavy atom. The molecule has 1 aromatic heterocycles. The number of halogens is 2. The predicted molar refractivity (Wildman–Crippen MR) is 80.0 cm³/mol. The molecule has 0 radical (unpaired) electrons. The maximum absolute atomic E-state index is 13.9. The van der Waals surface area contributed by atoms with Crippen LogP contribution in [0.5, 0.6) is 0 Å². The van der Waals surface area contributed by atoms with Gasteiger partial charge in [-0.25, -0.2) is 4.39 Å². The Labute approximate surface area is 126 Å². The lowest BCUT2D eigenvalue weighted by Gasteiger charge is -2.25. The van der Waals surface area contributed by atoms with Gasteiger partial charge in [0.1, 0.15) is 5.82 Å². The molecule has 1 atom stereocenters. The van der Waals surface area contributed by atoms with Crippen LogP contribution in [0, 0.1) is 12.7 Å². The number of aryl methyl sites for hydroxylation is 2. The van der Waals surface area contributed by atoms with E-state index in [1.165, 1.54) is 6.07 Å². The number of nitrogens with zero attached hydrogens (tertiary/aromatic N) is 2. The molecule has 5 heteroatoms. The normalized spacial score (nSPS) is 14.3. The highest BCUT2D eigenvalue weighted by Crippen LogP contribution is 2.31. The highest BCUT2D eigenvalue weighted by molar-refractivity contribution is 9.10. The third kappa shape index (κ3) is 2.79. The Balaban J connectivity index is 2.41. The first kappa shape index (κ1) is 15.2. The number of aliphatic hydroxyl groups is 1. The van der Waals surface area contributed by atoms with Crippen molar-refractivity contribution in [2.75, 3.05) is 0 Å². The fourth-order valence-corrected chi connectivity index (χ4v) is 2.78. The van der Waals surface area contributed by atoms with Crippen molar-refractivity contribution in [2.45, 2.75) is 39.3 Å². The van der Waals surface area contributed by atoms with Gasteiger partial charge in [0.05, 0.1) is 21.5 Å². The first-order chi connectivity index (χ1) is 9.36. The Hall–Kier alpha value is -1.20. The number of hydrogen-bond donors (Lipinski definition) is 1. The molecule has 1 heterocycles. The highest BCUT2D eigenvalue weighted by Gasteiger charge is 2.29. The SMILES string of the molecule is CCn1nc(C)c(Br)c1CC(C)(O)c1ccccc1F. The van der Waals surface area contributed by atoms with Crippen LogP contribution < -0.4 is 0 Å². The number of aromatic nitrogens is 2. The summed E-state index contributed by atoms with van der Waals surface area (Å²) in [5.41, 5.74) is 0.755. The van der Waals surface area contributed by atoms with Crippen molar-refractivity contribution >= 4 is 15.9 Å². The maximum atomic E-state index is 13.9. The largest absolute Gasteiger partial charge is 0.385 e. The summed E-state index contributed by atoms with van der Waals surface area (Å²) in [6.45, 7) is 6.22. The Morgan fingerprint density at radius 3 is 2.65 bits per heavy atom. The Morgan fingerprint density at radius 2 is 2.05 bits per heavy atom. The molecule has 3 nitrogen and oxygen atoms in total. The molecule has 0 saturated heterocycles. The van der Waals surface area contributed by atoms with Crippen LogP contribution in [0.25, 0.3) is 0 Å². The lowest BCUT2D eigenvalue weighted by atomic mass is 9.90. The molecule has 0 spiro atoms. The van der Waals surface area contributed by atoms with Crippen LogP contribution in [-0.4, -0.2) is 14.9 Å². The van der Waals surface area contributed by atoms with Crippen molar-refractivity contribution in [3.8, 4) is 0 Å². The van der Waals surface area contributed by atoms with Crippen molar-refractivity contribution in [1.82, 2.24) is 9.78 Å². The first-order valence-corrected chi connectivity index (χ1v) is 7.35. The van der Waals surface area contributed by atoms with Gasteiger partial charge in [-0.15, -0.1) is 0 Å². The molecule has 2 rings (SSSR count). The maximum Gasteiger partial charge on any atom is 0.129 e. The molecule has 1 aromatic carbocycles. The van der Waals surface area contributed by atoms with Gasteiger partial charge in [0.15, 0.2) is 0 Å². The van der Waals surface area contributed by atoms with Crippen molar-refractivity contribution in [3.63, 3.8) is 0 Å². The van der Waals surface area contributed by atoms with Crippen LogP contribution in [-0.2, 0) is 18.6 Å². The molecule has 0 aliphatic carbocycles. The molecule has 108 valence electrons. The van der Waals surface area contributed by atoms with Gasteiger partial charge in [0.25, 0.3) is 0 Å². The fourth-order valence-electron chi connectivity index (χ4n) is 2.36. The molecule has 0 bridgehead atoms. The summed E-state index contributed by atoms with van der Waals surface area (Å²) < 4.78 is 16.6. The summed E-state index contributed by atoms with van der Waals surface area (Å²) in [6.07, 6.45) is 0.295. The fraction of sp³-hybridized carbons (Fsp3) is 0.400. The highest BCUT2D eigenvalue weighted by atomic mass is 79.9. The smallest absolute Gasteiger partial charge is 0.129 e. The molecular formula is C15H18BrFN2O. The molecular weight excluding hydrogens is 323 g/mol. The molecule has 0 amide bonds. The quantitative estimate of drug-likeness (QED) is 0.923. The minimum atomic E-state index is -1.28. The van der Waals surface area contributed by atoms with E-state index in [1.54, 1.807) is 25.1 Å². The number of rotatable bonds is 4. The van der Waals surface area contributed by atoms with E-state index in [-0.39, 0.29) is 0 Å². The summed E-state index contributed by atoms with van der Waals surface area (Å²) in [7, 11) is 0. The second-order valence-electron chi connectivity index (χ2n) is 5.09. The van der Waals surface area contributed by atoms with Crippen LogP contribution >= 0.6 is 15.9 Å². The van der Waals surface area contributed by atoms with Crippen LogP contribution in [0.2, 0.25) is 0 Å². The number of hydrogen-bond acceptors (Lipinski definition) is 2. The topological polar surface area (TPSA) is 38.0 Å². The first-order valence-electron chi connectivity index (χ1n) is 6.56. The Bertz CT molecular complexity index is 622. The van der Waals surface area contributed by atoms with E-state index in [9.17, 15) is 9.50 Å². The Kier molecular flexibility index (Phi) is 4.30. The van der Waals surface area contributed by atoms with Crippen LogP contribution in [0.3, 0.4) is 0 Å². The number of benzene rings is 1. The summed E-state index contributed by atoms with van der Waals surface area (Å²) in [5, 5.41) is 15.1. The van der Waals surface area contributed by atoms with Crippen molar-refractivity contribution < 1.29 is 9.50 Å². The molecule has 0 aliphatic heterocycles. The molecule has 1 unspecified atom stereocenters. The summed E-state index contributed by atoms with van der Waals surface area (Å²) in [5.74, 6) is -0.395. The van der Waals surface area contributed by atoms with Gasteiger partial charge in [-0.1, -0.05) is 18.2 Å². The second kappa shape index (κ2) is 5.66. The molecule has 1 N–H and O–H groups in total. The summed E-state index contributed by atoms with van der Waals surface area (Å²) in [6, 6.07) is 6.32. The zero-order valence-electron chi connectivity index (χ0n) is 11.8. The second-order valence-corrected chi connectivity index (χ2v) is 5.89. The van der Waals surface area contributed by atoms with E-state index in [4.69, 9.17) is 0 Å². The van der Waals surface area contributed by atoms with Crippen LogP contribution in [0.15, 0.2) is 28.7 Å². The van der Waals surface area contributed by atoms with Gasteiger partial charge in [-0.3, -0.25) is 4.68 Å². The van der Waals surface area contributed by atoms with Crippen molar-refractivity contribution in [1.29, 1.82) is 0 Å². The minimum Gasteiger partial charge on any atom is -0.385 e.